The first kappa shape index (κ1) is 12.5. The molecule has 0 saturated carbocycles. The molecule has 0 unspecified atom stereocenters. The molecule has 1 amide bonds. The molecule has 18 heavy (non-hydrogen) atoms. The monoisotopic (exact) mass is 252 g/mol. The number of carbonyl (C=O) groups is 1. The molecule has 5 heteroatoms. The fourth-order valence-corrected chi connectivity index (χ4v) is 2.02. The van der Waals surface area contributed by atoms with Crippen molar-refractivity contribution in [2.45, 2.75) is 13.3 Å². The Bertz CT molecular complexity index is 526. The molecule has 96 valence electrons. The highest BCUT2D eigenvalue weighted by Gasteiger charge is 2.23. The maximum atomic E-state index is 13.7. The molecule has 0 radical (unpaired) electrons. The lowest BCUT2D eigenvalue weighted by atomic mass is 10.1. The Hall–Kier alpha value is -1.91. The fourth-order valence-electron chi connectivity index (χ4n) is 2.02. The number of benzene rings is 1. The number of hydrogen-bond acceptors (Lipinski definition) is 2. The SMILES string of the molecule is CC1=CCCN(C(=O)c2cc(F)cc(N)c2F)C1. The number of nitrogens with two attached hydrogens (primary N) is 1. The zero-order chi connectivity index (χ0) is 13.3. The Morgan fingerprint density at radius 2 is 2.11 bits per heavy atom. The second kappa shape index (κ2) is 4.76. The van der Waals surface area contributed by atoms with Crippen molar-refractivity contribution < 1.29 is 13.6 Å². The van der Waals surface area contributed by atoms with Crippen LogP contribution in [0.3, 0.4) is 0 Å². The quantitative estimate of drug-likeness (QED) is 0.616. The number of rotatable bonds is 1. The molecule has 2 N–H and O–H groups in total. The van der Waals surface area contributed by atoms with E-state index in [1.165, 1.54) is 4.90 Å². The average Bonchev–Trinajstić information content (AvgIpc) is 2.33. The van der Waals surface area contributed by atoms with Crippen LogP contribution >= 0.6 is 0 Å². The zero-order valence-corrected chi connectivity index (χ0v) is 10.0. The van der Waals surface area contributed by atoms with E-state index in [1.54, 1.807) is 0 Å². The van der Waals surface area contributed by atoms with Crippen molar-refractivity contribution in [1.29, 1.82) is 0 Å². The van der Waals surface area contributed by atoms with Crippen molar-refractivity contribution in [2.24, 2.45) is 0 Å². The van der Waals surface area contributed by atoms with Crippen LogP contribution in [-0.4, -0.2) is 23.9 Å². The molecule has 0 bridgehead atoms. The second-order valence-electron chi connectivity index (χ2n) is 4.42. The molecule has 0 fully saturated rings. The summed E-state index contributed by atoms with van der Waals surface area (Å²) < 4.78 is 26.9. The highest BCUT2D eigenvalue weighted by Crippen LogP contribution is 2.20. The van der Waals surface area contributed by atoms with Crippen molar-refractivity contribution >= 4 is 11.6 Å². The number of nitrogen functional groups attached to an aromatic ring is 1. The van der Waals surface area contributed by atoms with E-state index in [4.69, 9.17) is 5.73 Å². The summed E-state index contributed by atoms with van der Waals surface area (Å²) in [4.78, 5) is 13.6. The first-order valence-corrected chi connectivity index (χ1v) is 5.68. The predicted octanol–water partition coefficient (Wildman–Crippen LogP) is 2.34. The van der Waals surface area contributed by atoms with Gasteiger partial charge in [-0.2, -0.15) is 0 Å². The number of amides is 1. The molecule has 0 saturated heterocycles. The summed E-state index contributed by atoms with van der Waals surface area (Å²) in [5, 5.41) is 0. The van der Waals surface area contributed by atoms with Crippen LogP contribution in [0.15, 0.2) is 23.8 Å². The van der Waals surface area contributed by atoms with Gasteiger partial charge >= 0.3 is 0 Å². The van der Waals surface area contributed by atoms with Gasteiger partial charge in [0.2, 0.25) is 0 Å². The second-order valence-corrected chi connectivity index (χ2v) is 4.42. The molecule has 1 aliphatic rings. The van der Waals surface area contributed by atoms with E-state index >= 15 is 0 Å². The van der Waals surface area contributed by atoms with Crippen molar-refractivity contribution in [3.63, 3.8) is 0 Å². The zero-order valence-electron chi connectivity index (χ0n) is 10.0. The molecule has 0 spiro atoms. The van der Waals surface area contributed by atoms with E-state index in [0.29, 0.717) is 13.1 Å². The smallest absolute Gasteiger partial charge is 0.257 e. The van der Waals surface area contributed by atoms with Crippen molar-refractivity contribution in [2.75, 3.05) is 18.8 Å². The predicted molar refractivity (Wildman–Crippen MR) is 65.0 cm³/mol. The van der Waals surface area contributed by atoms with E-state index < -0.39 is 17.5 Å². The molecule has 2 rings (SSSR count). The van der Waals surface area contributed by atoms with Crippen LogP contribution < -0.4 is 5.73 Å². The van der Waals surface area contributed by atoms with Gasteiger partial charge in [0.05, 0.1) is 11.3 Å². The summed E-state index contributed by atoms with van der Waals surface area (Å²) >= 11 is 0. The number of nitrogens with zero attached hydrogens (tertiary/aromatic N) is 1. The van der Waals surface area contributed by atoms with E-state index in [0.717, 1.165) is 24.1 Å². The summed E-state index contributed by atoms with van der Waals surface area (Å²) in [5.74, 6) is -2.08. The van der Waals surface area contributed by atoms with Crippen LogP contribution in [0.4, 0.5) is 14.5 Å². The van der Waals surface area contributed by atoms with Crippen LogP contribution in [0.25, 0.3) is 0 Å². The fraction of sp³-hybridized carbons (Fsp3) is 0.308. The molecular weight excluding hydrogens is 238 g/mol. The summed E-state index contributed by atoms with van der Waals surface area (Å²) in [7, 11) is 0. The van der Waals surface area contributed by atoms with Crippen LogP contribution in [0, 0.1) is 11.6 Å². The summed E-state index contributed by atoms with van der Waals surface area (Å²) in [6.07, 6.45) is 2.75. The van der Waals surface area contributed by atoms with E-state index in [-0.39, 0.29) is 11.3 Å². The molecule has 1 heterocycles. The molecule has 1 aliphatic heterocycles. The van der Waals surface area contributed by atoms with Crippen molar-refractivity contribution in [1.82, 2.24) is 4.90 Å². The van der Waals surface area contributed by atoms with Crippen LogP contribution in [0.5, 0.6) is 0 Å². The number of halogens is 2. The van der Waals surface area contributed by atoms with Gasteiger partial charge in [-0.05, 0) is 25.5 Å². The molecule has 0 aromatic heterocycles. The Kier molecular flexibility index (Phi) is 3.32. The summed E-state index contributed by atoms with van der Waals surface area (Å²) in [6, 6.07) is 1.76. The van der Waals surface area contributed by atoms with Gasteiger partial charge in [0.25, 0.3) is 5.91 Å². The standard InChI is InChI=1S/C13H14F2N2O/c1-8-3-2-4-17(7-8)13(18)10-5-9(14)6-11(16)12(10)15/h3,5-6H,2,4,7,16H2,1H3. The van der Waals surface area contributed by atoms with E-state index in [1.807, 2.05) is 13.0 Å². The third-order valence-electron chi connectivity index (χ3n) is 2.92. The molecule has 0 atom stereocenters. The normalized spacial score (nSPS) is 15.5. The lowest BCUT2D eigenvalue weighted by molar-refractivity contribution is 0.0761. The lowest BCUT2D eigenvalue weighted by Crippen LogP contribution is -2.36. The maximum Gasteiger partial charge on any atom is 0.257 e. The molecule has 1 aromatic rings. The third-order valence-corrected chi connectivity index (χ3v) is 2.92. The highest BCUT2D eigenvalue weighted by atomic mass is 19.1. The van der Waals surface area contributed by atoms with Gasteiger partial charge in [-0.15, -0.1) is 0 Å². The van der Waals surface area contributed by atoms with Gasteiger partial charge in [0, 0.05) is 13.1 Å². The minimum Gasteiger partial charge on any atom is -0.396 e. The minimum absolute atomic E-state index is 0.304. The van der Waals surface area contributed by atoms with Gasteiger partial charge in [0.1, 0.15) is 5.82 Å². The van der Waals surface area contributed by atoms with Crippen LogP contribution in [0.1, 0.15) is 23.7 Å². The molecule has 0 aliphatic carbocycles. The first-order valence-electron chi connectivity index (χ1n) is 5.68. The summed E-state index contributed by atoms with van der Waals surface area (Å²) in [5.41, 5.74) is 5.71. The lowest BCUT2D eigenvalue weighted by Gasteiger charge is -2.26. The molecular formula is C13H14F2N2O. The minimum atomic E-state index is -0.853. The van der Waals surface area contributed by atoms with Crippen LogP contribution in [-0.2, 0) is 0 Å². The largest absolute Gasteiger partial charge is 0.396 e. The Morgan fingerprint density at radius 3 is 2.78 bits per heavy atom. The van der Waals surface area contributed by atoms with Gasteiger partial charge in [-0.1, -0.05) is 11.6 Å². The molecule has 1 aromatic carbocycles. The van der Waals surface area contributed by atoms with Crippen molar-refractivity contribution in [3.05, 3.63) is 41.0 Å². The average molecular weight is 252 g/mol. The molecule has 3 nitrogen and oxygen atoms in total. The topological polar surface area (TPSA) is 46.3 Å². The van der Waals surface area contributed by atoms with E-state index in [2.05, 4.69) is 0 Å². The van der Waals surface area contributed by atoms with Gasteiger partial charge in [-0.3, -0.25) is 4.79 Å². The Labute approximate surface area is 104 Å². The number of carbonyl (C=O) groups excluding carboxylic acids is 1. The van der Waals surface area contributed by atoms with Crippen LogP contribution in [0.2, 0.25) is 0 Å². The highest BCUT2D eigenvalue weighted by molar-refractivity contribution is 5.95. The number of hydrogen-bond donors (Lipinski definition) is 1. The Balaban J connectivity index is 2.32. The first-order chi connectivity index (χ1) is 8.49. The van der Waals surface area contributed by atoms with Gasteiger partial charge in [0.15, 0.2) is 5.82 Å². The maximum absolute atomic E-state index is 13.7. The Morgan fingerprint density at radius 1 is 1.39 bits per heavy atom. The van der Waals surface area contributed by atoms with Gasteiger partial charge in [-0.25, -0.2) is 8.78 Å². The summed E-state index contributed by atoms with van der Waals surface area (Å²) in [6.45, 7) is 2.84. The van der Waals surface area contributed by atoms with E-state index in [9.17, 15) is 13.6 Å². The third kappa shape index (κ3) is 2.34. The number of anilines is 1. The van der Waals surface area contributed by atoms with Crippen molar-refractivity contribution in [3.8, 4) is 0 Å². The van der Waals surface area contributed by atoms with Gasteiger partial charge < -0.3 is 10.6 Å².